The van der Waals surface area contributed by atoms with Gasteiger partial charge in [-0.15, -0.1) is 11.3 Å². The normalized spacial score (nSPS) is 14.7. The molecule has 10 heteroatoms. The number of hydrogen-bond donors (Lipinski definition) is 2. The molecular weight excluding hydrogens is 515 g/mol. The smallest absolute Gasteiger partial charge is 0.229 e. The van der Waals surface area contributed by atoms with Crippen LogP contribution in [-0.2, 0) is 4.57 Å². The predicted molar refractivity (Wildman–Crippen MR) is 161 cm³/mol. The lowest BCUT2D eigenvalue weighted by atomic mass is 10.0. The molecule has 0 unspecified atom stereocenters. The Morgan fingerprint density at radius 3 is 2.50 bits per heavy atom. The molecule has 4 aromatic rings. The van der Waals surface area contributed by atoms with Crippen molar-refractivity contribution in [3.63, 3.8) is 0 Å². The van der Waals surface area contributed by atoms with E-state index in [0.29, 0.717) is 17.8 Å². The van der Waals surface area contributed by atoms with Crippen LogP contribution in [0.4, 0.5) is 28.8 Å². The molecule has 0 aliphatic carbocycles. The van der Waals surface area contributed by atoms with Gasteiger partial charge in [-0.05, 0) is 76.0 Å². The summed E-state index contributed by atoms with van der Waals surface area (Å²) in [6.07, 6.45) is 2.29. The van der Waals surface area contributed by atoms with Crippen molar-refractivity contribution < 1.29 is 9.30 Å². The van der Waals surface area contributed by atoms with Crippen LogP contribution in [0.25, 0.3) is 10.2 Å². The number of thiophene rings is 1. The highest BCUT2D eigenvalue weighted by atomic mass is 32.1. The zero-order valence-electron chi connectivity index (χ0n) is 22.6. The zero-order chi connectivity index (χ0) is 26.9. The lowest BCUT2D eigenvalue weighted by Crippen LogP contribution is -2.41. The minimum Gasteiger partial charge on any atom is -0.494 e. The fourth-order valence-corrected chi connectivity index (χ4v) is 6.85. The lowest BCUT2D eigenvalue weighted by Gasteiger charge is -2.36. The first kappa shape index (κ1) is 26.5. The standard InChI is InChI=1S/C28H35N6O2PS/c1-33(2)19-12-15-34(16-13-19)20-10-11-21(24(18-20)36-3)30-28-31-23-14-17-38-26(23)27(32-28)29-22-8-6-7-9-25(22)37(4,5)35/h6-11,14,17-19H,12-13,15-16H2,1-5H3,(H2,29,30,31,32). The Morgan fingerprint density at radius 2 is 1.79 bits per heavy atom. The number of fused-ring (bicyclic) bond motifs is 1. The number of para-hydroxylation sites is 1. The van der Waals surface area contributed by atoms with E-state index in [4.69, 9.17) is 14.7 Å². The van der Waals surface area contributed by atoms with Crippen molar-refractivity contribution in [3.05, 3.63) is 53.9 Å². The van der Waals surface area contributed by atoms with E-state index in [2.05, 4.69) is 46.7 Å². The predicted octanol–water partition coefficient (Wildman–Crippen LogP) is 5.97. The van der Waals surface area contributed by atoms with E-state index < -0.39 is 7.14 Å². The van der Waals surface area contributed by atoms with Gasteiger partial charge in [0.25, 0.3) is 0 Å². The second-order valence-corrected chi connectivity index (χ2v) is 14.3. The summed E-state index contributed by atoms with van der Waals surface area (Å²) in [5, 5.41) is 9.59. The monoisotopic (exact) mass is 550 g/mol. The van der Waals surface area contributed by atoms with Gasteiger partial charge >= 0.3 is 0 Å². The van der Waals surface area contributed by atoms with Crippen molar-refractivity contribution in [2.75, 3.05) is 63.2 Å². The van der Waals surface area contributed by atoms with Crippen molar-refractivity contribution in [1.82, 2.24) is 14.9 Å². The number of benzene rings is 2. The summed E-state index contributed by atoms with van der Waals surface area (Å²) in [6.45, 7) is 5.61. The van der Waals surface area contributed by atoms with Crippen LogP contribution in [0.2, 0.25) is 0 Å². The number of anilines is 5. The van der Waals surface area contributed by atoms with Gasteiger partial charge in [-0.3, -0.25) is 0 Å². The fourth-order valence-electron chi connectivity index (χ4n) is 4.92. The van der Waals surface area contributed by atoms with Crippen LogP contribution in [-0.4, -0.2) is 68.5 Å². The second kappa shape index (κ2) is 10.9. The van der Waals surface area contributed by atoms with E-state index in [1.165, 1.54) is 0 Å². The first-order valence-corrected chi connectivity index (χ1v) is 16.2. The topological polar surface area (TPSA) is 82.6 Å². The summed E-state index contributed by atoms with van der Waals surface area (Å²) in [6, 6.07) is 16.5. The molecule has 0 spiro atoms. The first-order valence-electron chi connectivity index (χ1n) is 12.8. The Labute approximate surface area is 228 Å². The number of aromatic nitrogens is 2. The van der Waals surface area contributed by atoms with Gasteiger partial charge in [-0.25, -0.2) is 4.98 Å². The third-order valence-electron chi connectivity index (χ3n) is 7.03. The van der Waals surface area contributed by atoms with Gasteiger partial charge in [0.1, 0.15) is 12.9 Å². The molecule has 2 aromatic carbocycles. The van der Waals surface area contributed by atoms with E-state index in [-0.39, 0.29) is 0 Å². The zero-order valence-corrected chi connectivity index (χ0v) is 24.3. The van der Waals surface area contributed by atoms with Crippen molar-refractivity contribution >= 4 is 62.8 Å². The number of piperidine rings is 1. The molecule has 3 heterocycles. The van der Waals surface area contributed by atoms with Gasteiger partial charge in [0.05, 0.1) is 28.7 Å². The maximum Gasteiger partial charge on any atom is 0.229 e. The van der Waals surface area contributed by atoms with Crippen LogP contribution >= 0.6 is 18.5 Å². The molecule has 8 nitrogen and oxygen atoms in total. The van der Waals surface area contributed by atoms with E-state index in [1.807, 2.05) is 41.8 Å². The Bertz CT molecular complexity index is 1480. The fraction of sp³-hybridized carbons (Fsp3) is 0.357. The number of nitrogens with zero attached hydrogens (tertiary/aromatic N) is 4. The summed E-state index contributed by atoms with van der Waals surface area (Å²) in [4.78, 5) is 14.3. The molecule has 2 aromatic heterocycles. The minimum absolute atomic E-state index is 0.463. The maximum atomic E-state index is 12.9. The largest absolute Gasteiger partial charge is 0.494 e. The van der Waals surface area contributed by atoms with Crippen LogP contribution in [0.15, 0.2) is 53.9 Å². The molecular formula is C28H35N6O2PS. The Kier molecular flexibility index (Phi) is 7.61. The maximum absolute atomic E-state index is 12.9. The molecule has 2 N–H and O–H groups in total. The number of nitrogens with one attached hydrogen (secondary N) is 2. The molecule has 0 amide bonds. The van der Waals surface area contributed by atoms with Crippen LogP contribution in [0.3, 0.4) is 0 Å². The summed E-state index contributed by atoms with van der Waals surface area (Å²) in [5.74, 6) is 1.88. The van der Waals surface area contributed by atoms with Crippen LogP contribution in [0.5, 0.6) is 5.75 Å². The van der Waals surface area contributed by atoms with E-state index in [0.717, 1.165) is 64.3 Å². The van der Waals surface area contributed by atoms with Gasteiger partial charge < -0.3 is 29.7 Å². The molecule has 1 saturated heterocycles. The third kappa shape index (κ3) is 5.65. The first-order chi connectivity index (χ1) is 18.2. The van der Waals surface area contributed by atoms with Crippen molar-refractivity contribution in [1.29, 1.82) is 0 Å². The van der Waals surface area contributed by atoms with Gasteiger partial charge in [-0.2, -0.15) is 4.98 Å². The molecule has 1 fully saturated rings. The molecule has 0 radical (unpaired) electrons. The van der Waals surface area contributed by atoms with Crippen molar-refractivity contribution in [2.24, 2.45) is 0 Å². The van der Waals surface area contributed by atoms with Crippen LogP contribution in [0.1, 0.15) is 12.8 Å². The molecule has 1 aliphatic rings. The highest BCUT2D eigenvalue weighted by molar-refractivity contribution is 7.70. The summed E-state index contributed by atoms with van der Waals surface area (Å²) in [5.41, 5.74) is 3.58. The Balaban J connectivity index is 1.42. The van der Waals surface area contributed by atoms with Crippen LogP contribution < -0.4 is 25.6 Å². The Hall–Kier alpha value is -3.13. The van der Waals surface area contributed by atoms with E-state index >= 15 is 0 Å². The van der Waals surface area contributed by atoms with Crippen molar-refractivity contribution in [3.8, 4) is 5.75 Å². The molecule has 1 aliphatic heterocycles. The third-order valence-corrected chi connectivity index (χ3v) is 9.49. The minimum atomic E-state index is -2.48. The Morgan fingerprint density at radius 1 is 1.03 bits per heavy atom. The molecule has 200 valence electrons. The van der Waals surface area contributed by atoms with Crippen molar-refractivity contribution in [2.45, 2.75) is 18.9 Å². The summed E-state index contributed by atoms with van der Waals surface area (Å²) in [7, 11) is 3.52. The molecule has 5 rings (SSSR count). The quantitative estimate of drug-likeness (QED) is 0.260. The molecule has 0 saturated carbocycles. The number of hydrogen-bond acceptors (Lipinski definition) is 9. The average Bonchev–Trinajstić information content (AvgIpc) is 3.38. The van der Waals surface area contributed by atoms with Crippen LogP contribution in [0, 0.1) is 0 Å². The SMILES string of the molecule is COc1cc(N2CCC(N(C)C)CC2)ccc1Nc1nc(Nc2ccccc2P(C)(C)=O)c2sccc2n1. The van der Waals surface area contributed by atoms with Gasteiger partial charge in [0, 0.05) is 36.2 Å². The molecule has 0 bridgehead atoms. The van der Waals surface area contributed by atoms with Gasteiger partial charge in [-0.1, -0.05) is 12.1 Å². The van der Waals surface area contributed by atoms with Gasteiger partial charge in [0.15, 0.2) is 5.82 Å². The second-order valence-electron chi connectivity index (χ2n) is 10.2. The highest BCUT2D eigenvalue weighted by Crippen LogP contribution is 2.39. The summed E-state index contributed by atoms with van der Waals surface area (Å²) < 4.78 is 19.6. The van der Waals surface area contributed by atoms with E-state index in [1.54, 1.807) is 31.8 Å². The highest BCUT2D eigenvalue weighted by Gasteiger charge is 2.22. The number of rotatable bonds is 8. The number of methoxy groups -OCH3 is 1. The average molecular weight is 551 g/mol. The molecule has 0 atom stereocenters. The number of ether oxygens (including phenoxy) is 1. The molecule has 38 heavy (non-hydrogen) atoms. The lowest BCUT2D eigenvalue weighted by molar-refractivity contribution is 0.249. The summed E-state index contributed by atoms with van der Waals surface area (Å²) >= 11 is 1.57. The van der Waals surface area contributed by atoms with Gasteiger partial charge in [0.2, 0.25) is 5.95 Å². The van der Waals surface area contributed by atoms with E-state index in [9.17, 15) is 4.57 Å².